The molecule has 1 aliphatic heterocycles. The molecule has 0 saturated heterocycles. The van der Waals surface area contributed by atoms with Crippen LogP contribution in [0.3, 0.4) is 0 Å². The summed E-state index contributed by atoms with van der Waals surface area (Å²) in [6.07, 6.45) is 2.36. The molecule has 10 heteroatoms. The Hall–Kier alpha value is -3.21. The van der Waals surface area contributed by atoms with Crippen molar-refractivity contribution in [3.8, 4) is 11.3 Å². The maximum absolute atomic E-state index is 13.0. The molecule has 0 fully saturated rings. The van der Waals surface area contributed by atoms with E-state index in [-0.39, 0.29) is 11.5 Å². The highest BCUT2D eigenvalue weighted by Crippen LogP contribution is 2.36. The van der Waals surface area contributed by atoms with E-state index in [0.717, 1.165) is 11.3 Å². The first-order valence-electron chi connectivity index (χ1n) is 10.6. The van der Waals surface area contributed by atoms with Crippen LogP contribution in [0.15, 0.2) is 53.9 Å². The first kappa shape index (κ1) is 23.9. The van der Waals surface area contributed by atoms with Crippen molar-refractivity contribution in [1.82, 2.24) is 10.3 Å². The fourth-order valence-corrected chi connectivity index (χ4v) is 4.77. The maximum Gasteiger partial charge on any atom is 0.260 e. The predicted molar refractivity (Wildman–Crippen MR) is 135 cm³/mol. The van der Waals surface area contributed by atoms with E-state index >= 15 is 0 Å². The van der Waals surface area contributed by atoms with Crippen LogP contribution in [0, 0.1) is 0 Å². The van der Waals surface area contributed by atoms with Crippen LogP contribution in [-0.2, 0) is 15.2 Å². The van der Waals surface area contributed by atoms with Gasteiger partial charge in [0.15, 0.2) is 10.7 Å². The third-order valence-electron chi connectivity index (χ3n) is 5.53. The summed E-state index contributed by atoms with van der Waals surface area (Å²) >= 11 is 2.89. The van der Waals surface area contributed by atoms with E-state index < -0.39 is 23.5 Å². The smallest absolute Gasteiger partial charge is 0.260 e. The monoisotopic (exact) mass is 496 g/mol. The van der Waals surface area contributed by atoms with E-state index in [9.17, 15) is 19.5 Å². The molecular weight excluding hydrogens is 472 g/mol. The molecule has 4 rings (SSSR count). The molecule has 2 unspecified atom stereocenters. The second kappa shape index (κ2) is 9.96. The van der Waals surface area contributed by atoms with Gasteiger partial charge in [-0.25, -0.2) is 4.98 Å². The lowest BCUT2D eigenvalue weighted by molar-refractivity contribution is -0.131. The van der Waals surface area contributed by atoms with Crippen molar-refractivity contribution in [3.63, 3.8) is 0 Å². The van der Waals surface area contributed by atoms with E-state index in [1.807, 2.05) is 42.0 Å². The molecule has 1 aliphatic rings. The SMILES string of the molecule is CSCCC(NC(=O)c1ccc2c(c1)C(C)(O)C(=O)N2)C(=O)Nc1nc(-c2ccccc2)cs1. The number of hydrogen-bond acceptors (Lipinski definition) is 7. The summed E-state index contributed by atoms with van der Waals surface area (Å²) in [5.74, 6) is -0.705. The van der Waals surface area contributed by atoms with Crippen molar-refractivity contribution < 1.29 is 19.5 Å². The molecule has 0 radical (unpaired) electrons. The maximum atomic E-state index is 13.0. The number of nitrogens with zero attached hydrogens (tertiary/aromatic N) is 1. The second-order valence-corrected chi connectivity index (χ2v) is 9.83. The van der Waals surface area contributed by atoms with E-state index in [1.54, 1.807) is 23.9 Å². The Kier molecular flexibility index (Phi) is 7.01. The number of amides is 3. The molecule has 3 amide bonds. The minimum atomic E-state index is -1.72. The standard InChI is InChI=1S/C24H24N4O4S2/c1-24(32)16-12-15(8-9-17(16)26-22(24)31)20(29)25-18(10-11-33-2)21(30)28-23-27-19(13-34-23)14-6-4-3-5-7-14/h3-9,12-13,18,32H,10-11H2,1-2H3,(H,25,29)(H,26,31)(H,27,28,30). The summed E-state index contributed by atoms with van der Waals surface area (Å²) in [5.41, 5.74) is 1.03. The van der Waals surface area contributed by atoms with Gasteiger partial charge in [-0.05, 0) is 43.6 Å². The molecule has 0 spiro atoms. The number of fused-ring (bicyclic) bond motifs is 1. The van der Waals surface area contributed by atoms with Crippen LogP contribution >= 0.6 is 23.1 Å². The second-order valence-electron chi connectivity index (χ2n) is 7.99. The number of aromatic nitrogens is 1. The number of aliphatic hydroxyl groups is 1. The molecule has 0 bridgehead atoms. The van der Waals surface area contributed by atoms with Crippen molar-refractivity contribution in [1.29, 1.82) is 0 Å². The first-order chi connectivity index (χ1) is 16.3. The molecule has 34 heavy (non-hydrogen) atoms. The van der Waals surface area contributed by atoms with Crippen LogP contribution in [-0.4, -0.2) is 45.9 Å². The minimum Gasteiger partial charge on any atom is -0.375 e. The van der Waals surface area contributed by atoms with Crippen molar-refractivity contribution in [2.75, 3.05) is 22.6 Å². The first-order valence-corrected chi connectivity index (χ1v) is 12.9. The number of benzene rings is 2. The van der Waals surface area contributed by atoms with Gasteiger partial charge in [-0.2, -0.15) is 11.8 Å². The van der Waals surface area contributed by atoms with Gasteiger partial charge in [-0.3, -0.25) is 14.4 Å². The van der Waals surface area contributed by atoms with Gasteiger partial charge in [0, 0.05) is 27.8 Å². The van der Waals surface area contributed by atoms with Gasteiger partial charge in [0.25, 0.3) is 11.8 Å². The van der Waals surface area contributed by atoms with Gasteiger partial charge in [-0.15, -0.1) is 11.3 Å². The van der Waals surface area contributed by atoms with Gasteiger partial charge in [0.1, 0.15) is 6.04 Å². The summed E-state index contributed by atoms with van der Waals surface area (Å²) in [7, 11) is 0. The molecular formula is C24H24N4O4S2. The molecule has 8 nitrogen and oxygen atoms in total. The molecule has 1 aromatic heterocycles. The fourth-order valence-electron chi connectivity index (χ4n) is 3.57. The number of carbonyl (C=O) groups excluding carboxylic acids is 3. The topological polar surface area (TPSA) is 120 Å². The Morgan fingerprint density at radius 1 is 1.24 bits per heavy atom. The normalized spacial score (nSPS) is 17.6. The van der Waals surface area contributed by atoms with E-state index in [1.165, 1.54) is 24.3 Å². The molecule has 4 N–H and O–H groups in total. The Bertz CT molecular complexity index is 1230. The third-order valence-corrected chi connectivity index (χ3v) is 6.93. The highest BCUT2D eigenvalue weighted by molar-refractivity contribution is 7.98. The van der Waals surface area contributed by atoms with Crippen LogP contribution in [0.1, 0.15) is 29.3 Å². The van der Waals surface area contributed by atoms with Crippen LogP contribution < -0.4 is 16.0 Å². The van der Waals surface area contributed by atoms with Crippen LogP contribution in [0.2, 0.25) is 0 Å². The lowest BCUT2D eigenvalue weighted by Gasteiger charge is -2.18. The summed E-state index contributed by atoms with van der Waals surface area (Å²) in [6, 6.07) is 13.5. The molecule has 3 aromatic rings. The number of thioether (sulfide) groups is 1. The molecule has 2 aromatic carbocycles. The predicted octanol–water partition coefficient (Wildman–Crippen LogP) is 3.46. The zero-order valence-electron chi connectivity index (χ0n) is 18.6. The van der Waals surface area contributed by atoms with E-state index in [2.05, 4.69) is 20.9 Å². The minimum absolute atomic E-state index is 0.248. The van der Waals surface area contributed by atoms with Gasteiger partial charge in [0.2, 0.25) is 5.91 Å². The lowest BCUT2D eigenvalue weighted by Crippen LogP contribution is -2.44. The summed E-state index contributed by atoms with van der Waals surface area (Å²) in [5, 5.41) is 20.9. The number of thiazole rings is 1. The molecule has 0 aliphatic carbocycles. The zero-order valence-corrected chi connectivity index (χ0v) is 20.3. The fraction of sp³-hybridized carbons (Fsp3) is 0.250. The highest BCUT2D eigenvalue weighted by Gasteiger charge is 2.41. The number of anilines is 2. The van der Waals surface area contributed by atoms with Crippen molar-refractivity contribution in [2.45, 2.75) is 25.0 Å². The number of hydrogen-bond donors (Lipinski definition) is 4. The summed E-state index contributed by atoms with van der Waals surface area (Å²) < 4.78 is 0. The molecule has 2 heterocycles. The van der Waals surface area contributed by atoms with E-state index in [4.69, 9.17) is 0 Å². The van der Waals surface area contributed by atoms with Crippen molar-refractivity contribution in [2.24, 2.45) is 0 Å². The largest absolute Gasteiger partial charge is 0.375 e. The van der Waals surface area contributed by atoms with Gasteiger partial charge in [0.05, 0.1) is 5.69 Å². The molecule has 2 atom stereocenters. The summed E-state index contributed by atoms with van der Waals surface area (Å²) in [6.45, 7) is 1.38. The number of rotatable bonds is 8. The molecule has 0 saturated carbocycles. The van der Waals surface area contributed by atoms with Crippen molar-refractivity contribution >= 4 is 51.6 Å². The van der Waals surface area contributed by atoms with Crippen LogP contribution in [0.5, 0.6) is 0 Å². The Balaban J connectivity index is 1.48. The zero-order chi connectivity index (χ0) is 24.3. The average Bonchev–Trinajstić information content (AvgIpc) is 3.38. The average molecular weight is 497 g/mol. The van der Waals surface area contributed by atoms with Crippen LogP contribution in [0.25, 0.3) is 11.3 Å². The van der Waals surface area contributed by atoms with Crippen LogP contribution in [0.4, 0.5) is 10.8 Å². The van der Waals surface area contributed by atoms with Crippen molar-refractivity contribution in [3.05, 3.63) is 65.0 Å². The van der Waals surface area contributed by atoms with Gasteiger partial charge >= 0.3 is 0 Å². The van der Waals surface area contributed by atoms with Gasteiger partial charge in [-0.1, -0.05) is 30.3 Å². The Labute approximate surface area is 205 Å². The lowest BCUT2D eigenvalue weighted by atomic mass is 9.96. The Morgan fingerprint density at radius 3 is 2.74 bits per heavy atom. The number of carbonyl (C=O) groups is 3. The third kappa shape index (κ3) is 4.98. The van der Waals surface area contributed by atoms with E-state index in [0.29, 0.717) is 28.6 Å². The van der Waals surface area contributed by atoms with Gasteiger partial charge < -0.3 is 21.1 Å². The summed E-state index contributed by atoms with van der Waals surface area (Å²) in [4.78, 5) is 42.4. The Morgan fingerprint density at radius 2 is 2.00 bits per heavy atom. The molecule has 176 valence electrons. The number of nitrogens with one attached hydrogen (secondary N) is 3. The highest BCUT2D eigenvalue weighted by atomic mass is 32.2. The quantitative estimate of drug-likeness (QED) is 0.379.